The van der Waals surface area contributed by atoms with Gasteiger partial charge in [-0.05, 0) is 24.5 Å². The summed E-state index contributed by atoms with van der Waals surface area (Å²) in [6, 6.07) is 0. The minimum absolute atomic E-state index is 0.147. The van der Waals surface area contributed by atoms with Gasteiger partial charge in [0.05, 0.1) is 4.83 Å². The zero-order chi connectivity index (χ0) is 11.1. The number of hydrogen-bond donors (Lipinski definition) is 0. The van der Waals surface area contributed by atoms with Crippen molar-refractivity contribution in [2.45, 2.75) is 25.1 Å². The van der Waals surface area contributed by atoms with E-state index in [4.69, 9.17) is 0 Å². The van der Waals surface area contributed by atoms with Crippen LogP contribution in [0.4, 0.5) is 4.39 Å². The van der Waals surface area contributed by atoms with Crippen molar-refractivity contribution in [3.8, 4) is 0 Å². The molecule has 0 saturated heterocycles. The third kappa shape index (κ3) is 4.51. The van der Waals surface area contributed by atoms with E-state index < -0.39 is 4.83 Å². The van der Waals surface area contributed by atoms with E-state index >= 15 is 0 Å². The Hall–Kier alpha value is -0.700. The summed E-state index contributed by atoms with van der Waals surface area (Å²) in [5.41, 5.74) is 1.18. The van der Waals surface area contributed by atoms with Crippen LogP contribution in [0.15, 0.2) is 35.7 Å². The van der Waals surface area contributed by atoms with Crippen molar-refractivity contribution in [3.05, 3.63) is 35.7 Å². The predicted octanol–water partition coefficient (Wildman–Crippen LogP) is 3.71. The van der Waals surface area contributed by atoms with E-state index in [0.717, 1.165) is 6.29 Å². The first-order valence-corrected chi connectivity index (χ1v) is 5.26. The largest absolute Gasteiger partial charge is 0.302 e. The summed E-state index contributed by atoms with van der Waals surface area (Å²) in [7, 11) is 0. The second-order valence-electron chi connectivity index (χ2n) is 2.89. The summed E-state index contributed by atoms with van der Waals surface area (Å²) in [6.07, 6.45) is 4.38. The molecule has 0 heterocycles. The van der Waals surface area contributed by atoms with E-state index in [9.17, 15) is 9.18 Å². The molecule has 0 aromatic carbocycles. The molecule has 14 heavy (non-hydrogen) atoms. The van der Waals surface area contributed by atoms with E-state index in [1.54, 1.807) is 26.0 Å². The van der Waals surface area contributed by atoms with Gasteiger partial charge in [0.15, 0.2) is 0 Å². The van der Waals surface area contributed by atoms with E-state index in [1.807, 2.05) is 0 Å². The van der Waals surface area contributed by atoms with Gasteiger partial charge >= 0.3 is 0 Å². The highest BCUT2D eigenvalue weighted by atomic mass is 79.9. The van der Waals surface area contributed by atoms with Crippen LogP contribution < -0.4 is 0 Å². The normalized spacial score (nSPS) is 15.1. The van der Waals surface area contributed by atoms with Crippen LogP contribution >= 0.6 is 15.9 Å². The smallest absolute Gasteiger partial charge is 0.138 e. The van der Waals surface area contributed by atoms with Crippen molar-refractivity contribution in [2.75, 3.05) is 0 Å². The molecule has 1 atom stereocenters. The molecule has 3 heteroatoms. The van der Waals surface area contributed by atoms with Gasteiger partial charge in [-0.15, -0.1) is 0 Å². The molecule has 0 bridgehead atoms. The summed E-state index contributed by atoms with van der Waals surface area (Å²) in [5, 5.41) is 0. The summed E-state index contributed by atoms with van der Waals surface area (Å²) in [4.78, 5) is 9.96. The predicted molar refractivity (Wildman–Crippen MR) is 61.2 cm³/mol. The summed E-state index contributed by atoms with van der Waals surface area (Å²) < 4.78 is 13.0. The van der Waals surface area contributed by atoms with Crippen LogP contribution in [0, 0.1) is 0 Å². The zero-order valence-electron chi connectivity index (χ0n) is 8.39. The van der Waals surface area contributed by atoms with Crippen LogP contribution in [0.1, 0.15) is 20.3 Å². The number of aldehydes is 1. The molecule has 0 aliphatic heterocycles. The van der Waals surface area contributed by atoms with Gasteiger partial charge in [-0.1, -0.05) is 41.6 Å². The maximum atomic E-state index is 13.0. The van der Waals surface area contributed by atoms with Crippen molar-refractivity contribution in [1.29, 1.82) is 0 Å². The highest BCUT2D eigenvalue weighted by molar-refractivity contribution is 9.10. The Morgan fingerprint density at radius 1 is 1.57 bits per heavy atom. The first kappa shape index (κ1) is 13.3. The molecule has 0 aromatic heterocycles. The fraction of sp³-hybridized carbons (Fsp3) is 0.364. The second kappa shape index (κ2) is 6.71. The molecule has 1 unspecified atom stereocenters. The first-order valence-electron chi connectivity index (χ1n) is 4.34. The number of allylic oxidation sites excluding steroid dienone is 5. The molecule has 0 aliphatic rings. The quantitative estimate of drug-likeness (QED) is 0.419. The summed E-state index contributed by atoms with van der Waals surface area (Å²) in [6.45, 7) is 7.11. The van der Waals surface area contributed by atoms with Crippen molar-refractivity contribution in [3.63, 3.8) is 0 Å². The molecule has 0 fully saturated rings. The SMILES string of the molecule is C=C(/C=C\C(C)=C(\F)CC)C(Br)C=O. The third-order valence-corrected chi connectivity index (χ3v) is 2.56. The number of rotatable bonds is 5. The lowest BCUT2D eigenvalue weighted by atomic mass is 10.1. The van der Waals surface area contributed by atoms with Crippen LogP contribution in [0.2, 0.25) is 0 Å². The Balaban J connectivity index is 4.45. The highest BCUT2D eigenvalue weighted by Crippen LogP contribution is 2.14. The fourth-order valence-corrected chi connectivity index (χ4v) is 0.933. The lowest BCUT2D eigenvalue weighted by Crippen LogP contribution is -1.99. The number of alkyl halides is 1. The van der Waals surface area contributed by atoms with Crippen LogP contribution in [-0.2, 0) is 4.79 Å². The molecule has 0 N–H and O–H groups in total. The molecular weight excluding hydrogens is 247 g/mol. The lowest BCUT2D eigenvalue weighted by Gasteiger charge is -2.00. The second-order valence-corrected chi connectivity index (χ2v) is 3.87. The van der Waals surface area contributed by atoms with Crippen LogP contribution in [0.3, 0.4) is 0 Å². The minimum Gasteiger partial charge on any atom is -0.302 e. The van der Waals surface area contributed by atoms with Crippen LogP contribution in [0.25, 0.3) is 0 Å². The van der Waals surface area contributed by atoms with Gasteiger partial charge in [0.25, 0.3) is 0 Å². The van der Waals surface area contributed by atoms with Gasteiger partial charge in [-0.25, -0.2) is 4.39 Å². The number of carbonyl (C=O) groups is 1. The van der Waals surface area contributed by atoms with Gasteiger partial charge in [0, 0.05) is 0 Å². The monoisotopic (exact) mass is 260 g/mol. The van der Waals surface area contributed by atoms with Crippen molar-refractivity contribution in [2.24, 2.45) is 0 Å². The molecular formula is C11H14BrFO. The minimum atomic E-state index is -0.392. The molecule has 0 saturated carbocycles. The summed E-state index contributed by atoms with van der Waals surface area (Å²) in [5.74, 6) is -0.147. The maximum Gasteiger partial charge on any atom is 0.138 e. The van der Waals surface area contributed by atoms with Crippen molar-refractivity contribution in [1.82, 2.24) is 0 Å². The Kier molecular flexibility index (Phi) is 6.37. The Bertz CT molecular complexity index is 279. The van der Waals surface area contributed by atoms with Crippen molar-refractivity contribution < 1.29 is 9.18 Å². The van der Waals surface area contributed by atoms with Gasteiger partial charge < -0.3 is 4.79 Å². The molecule has 0 rings (SSSR count). The van der Waals surface area contributed by atoms with Crippen molar-refractivity contribution >= 4 is 22.2 Å². The lowest BCUT2D eigenvalue weighted by molar-refractivity contribution is -0.106. The fourth-order valence-electron chi connectivity index (χ4n) is 0.781. The Morgan fingerprint density at radius 2 is 2.14 bits per heavy atom. The third-order valence-electron chi connectivity index (χ3n) is 1.76. The Labute approximate surface area is 92.5 Å². The Morgan fingerprint density at radius 3 is 2.57 bits per heavy atom. The number of carbonyl (C=O) groups excluding carboxylic acids is 1. The maximum absolute atomic E-state index is 13.0. The van der Waals surface area contributed by atoms with Crippen LogP contribution in [-0.4, -0.2) is 11.1 Å². The molecule has 0 aromatic rings. The first-order chi connectivity index (χ1) is 6.52. The number of halogens is 2. The van der Waals surface area contributed by atoms with E-state index in [2.05, 4.69) is 22.5 Å². The summed E-state index contributed by atoms with van der Waals surface area (Å²) >= 11 is 3.12. The average molecular weight is 261 g/mol. The van der Waals surface area contributed by atoms with Gasteiger partial charge in [-0.2, -0.15) is 0 Å². The average Bonchev–Trinajstić information content (AvgIpc) is 2.22. The number of hydrogen-bond acceptors (Lipinski definition) is 1. The standard InChI is InChI=1S/C11H14BrFO/c1-4-11(13)9(3)6-5-8(2)10(12)7-14/h5-7,10H,2,4H2,1,3H3/b6-5-,11-9+. The van der Waals surface area contributed by atoms with E-state index in [1.165, 1.54) is 0 Å². The van der Waals surface area contributed by atoms with E-state index in [0.29, 0.717) is 17.6 Å². The molecule has 1 nitrogen and oxygen atoms in total. The van der Waals surface area contributed by atoms with Gasteiger partial charge in [-0.3, -0.25) is 0 Å². The van der Waals surface area contributed by atoms with E-state index in [-0.39, 0.29) is 5.83 Å². The molecule has 0 spiro atoms. The molecule has 0 aliphatic carbocycles. The van der Waals surface area contributed by atoms with Crippen LogP contribution in [0.5, 0.6) is 0 Å². The van der Waals surface area contributed by atoms with Gasteiger partial charge in [0.1, 0.15) is 12.1 Å². The zero-order valence-corrected chi connectivity index (χ0v) is 9.97. The molecule has 0 amide bonds. The topological polar surface area (TPSA) is 17.1 Å². The highest BCUT2D eigenvalue weighted by Gasteiger charge is 2.03. The van der Waals surface area contributed by atoms with Gasteiger partial charge in [0.2, 0.25) is 0 Å². The molecule has 78 valence electrons. The molecule has 0 radical (unpaired) electrons.